The molecule has 164 valence electrons. The molecule has 8 nitrogen and oxygen atoms in total. The summed E-state index contributed by atoms with van der Waals surface area (Å²) in [4.78, 5) is 37.6. The van der Waals surface area contributed by atoms with Crippen molar-refractivity contribution in [3.63, 3.8) is 0 Å². The van der Waals surface area contributed by atoms with Gasteiger partial charge in [0.2, 0.25) is 0 Å². The van der Waals surface area contributed by atoms with E-state index in [-0.39, 0.29) is 15.6 Å². The van der Waals surface area contributed by atoms with E-state index >= 15 is 0 Å². The molecule has 3 atom stereocenters. The molecule has 10 heteroatoms. The quantitative estimate of drug-likeness (QED) is 0.284. The maximum absolute atomic E-state index is 12.9. The first-order chi connectivity index (χ1) is 14.7. The van der Waals surface area contributed by atoms with Crippen LogP contribution in [0.4, 0.5) is 0 Å². The fourth-order valence-corrected chi connectivity index (χ4v) is 4.19. The van der Waals surface area contributed by atoms with Gasteiger partial charge in [-0.3, -0.25) is 10.1 Å². The number of aryl methyl sites for hydroxylation is 1. The van der Waals surface area contributed by atoms with E-state index in [0.29, 0.717) is 5.56 Å². The van der Waals surface area contributed by atoms with Crippen LogP contribution in [0.25, 0.3) is 0 Å². The Bertz CT molecular complexity index is 1010. The Kier molecular flexibility index (Phi) is 6.54. The van der Waals surface area contributed by atoms with Crippen LogP contribution in [0, 0.1) is 17.0 Å². The van der Waals surface area contributed by atoms with Gasteiger partial charge in [0, 0.05) is 4.92 Å². The summed E-state index contributed by atoms with van der Waals surface area (Å²) in [6.45, 7) is 1.86. The molecule has 2 aromatic carbocycles. The van der Waals surface area contributed by atoms with E-state index < -0.39 is 40.5 Å². The maximum Gasteiger partial charge on any atom is 0.351 e. The minimum Gasteiger partial charge on any atom is -0.466 e. The van der Waals surface area contributed by atoms with Gasteiger partial charge in [0.25, 0.3) is 11.6 Å². The van der Waals surface area contributed by atoms with Crippen LogP contribution >= 0.6 is 23.2 Å². The van der Waals surface area contributed by atoms with Gasteiger partial charge in [-0.2, -0.15) is 0 Å². The summed E-state index contributed by atoms with van der Waals surface area (Å²) in [5, 5.41) is 12.6. The standard InChI is InChI=1S/C21H19Cl2NO7/c1-11-4-6-12(7-5-11)18-17(24(27)28)16(13-8-9-14(22)15(23)10-13)21(31-18,19(25)29-2)20(26)30-3/h4-10,16-18H,1-3H3/t16-,17-,18-/m1/s1. The highest BCUT2D eigenvalue weighted by molar-refractivity contribution is 6.42. The molecule has 3 rings (SSSR count). The van der Waals surface area contributed by atoms with Crippen molar-refractivity contribution in [3.05, 3.63) is 79.3 Å². The van der Waals surface area contributed by atoms with Crippen molar-refractivity contribution in [1.82, 2.24) is 0 Å². The third-order valence-electron chi connectivity index (χ3n) is 5.33. The molecule has 0 amide bonds. The van der Waals surface area contributed by atoms with Crippen LogP contribution in [0.15, 0.2) is 42.5 Å². The van der Waals surface area contributed by atoms with Crippen LogP contribution in [0.3, 0.4) is 0 Å². The van der Waals surface area contributed by atoms with E-state index in [0.717, 1.165) is 19.8 Å². The molecule has 0 unspecified atom stereocenters. The van der Waals surface area contributed by atoms with E-state index in [4.69, 9.17) is 37.4 Å². The lowest BCUT2D eigenvalue weighted by Gasteiger charge is -2.28. The third-order valence-corrected chi connectivity index (χ3v) is 6.07. The van der Waals surface area contributed by atoms with E-state index in [1.807, 2.05) is 6.92 Å². The van der Waals surface area contributed by atoms with E-state index in [1.54, 1.807) is 24.3 Å². The van der Waals surface area contributed by atoms with Crippen molar-refractivity contribution in [2.24, 2.45) is 0 Å². The summed E-state index contributed by atoms with van der Waals surface area (Å²) in [6.07, 6.45) is -1.24. The average molecular weight is 468 g/mol. The minimum absolute atomic E-state index is 0.101. The van der Waals surface area contributed by atoms with Gasteiger partial charge in [0.05, 0.1) is 24.3 Å². The number of nitro groups is 1. The molecular weight excluding hydrogens is 449 g/mol. The van der Waals surface area contributed by atoms with Gasteiger partial charge in [-0.1, -0.05) is 59.1 Å². The second-order valence-corrected chi connectivity index (χ2v) is 7.91. The molecular formula is C21H19Cl2NO7. The van der Waals surface area contributed by atoms with Crippen molar-refractivity contribution in [2.45, 2.75) is 30.6 Å². The summed E-state index contributed by atoms with van der Waals surface area (Å²) in [6, 6.07) is 9.51. The normalized spacial score (nSPS) is 22.0. The number of ether oxygens (including phenoxy) is 3. The lowest BCUT2D eigenvalue weighted by atomic mass is 9.77. The van der Waals surface area contributed by atoms with Gasteiger partial charge in [0.15, 0.2) is 6.10 Å². The smallest absolute Gasteiger partial charge is 0.351 e. The summed E-state index contributed by atoms with van der Waals surface area (Å²) in [7, 11) is 2.12. The van der Waals surface area contributed by atoms with Crippen LogP contribution in [-0.4, -0.2) is 42.7 Å². The third kappa shape index (κ3) is 3.86. The van der Waals surface area contributed by atoms with Crippen LogP contribution < -0.4 is 0 Å². The number of halogens is 2. The second-order valence-electron chi connectivity index (χ2n) is 7.10. The SMILES string of the molecule is COC(=O)C1(C(=O)OC)O[C@H](c2ccc(C)cc2)[C@H]([N+](=O)[O-])[C@H]1c1ccc(Cl)c(Cl)c1. The molecule has 0 N–H and O–H groups in total. The van der Waals surface area contributed by atoms with Crippen LogP contribution in [0.5, 0.6) is 0 Å². The molecule has 1 aliphatic rings. The Morgan fingerprint density at radius 2 is 1.55 bits per heavy atom. The van der Waals surface area contributed by atoms with Crippen molar-refractivity contribution < 1.29 is 28.7 Å². The largest absolute Gasteiger partial charge is 0.466 e. The predicted molar refractivity (Wildman–Crippen MR) is 112 cm³/mol. The van der Waals surface area contributed by atoms with Crippen LogP contribution in [0.1, 0.15) is 28.7 Å². The van der Waals surface area contributed by atoms with Crippen molar-refractivity contribution in [2.75, 3.05) is 14.2 Å². The topological polar surface area (TPSA) is 105 Å². The number of carbonyl (C=O) groups excluding carboxylic acids is 2. The first-order valence-corrected chi connectivity index (χ1v) is 9.92. The number of benzene rings is 2. The molecule has 1 saturated heterocycles. The Balaban J connectivity index is 2.31. The van der Waals surface area contributed by atoms with Gasteiger partial charge in [-0.05, 0) is 30.2 Å². The molecule has 31 heavy (non-hydrogen) atoms. The fourth-order valence-electron chi connectivity index (χ4n) is 3.89. The lowest BCUT2D eigenvalue weighted by molar-refractivity contribution is -0.531. The van der Waals surface area contributed by atoms with Gasteiger partial charge in [-0.15, -0.1) is 0 Å². The molecule has 1 aliphatic heterocycles. The zero-order valence-corrected chi connectivity index (χ0v) is 18.3. The Labute approximate surface area is 188 Å². The van der Waals surface area contributed by atoms with Gasteiger partial charge in [0.1, 0.15) is 5.92 Å². The first kappa shape index (κ1) is 23.0. The van der Waals surface area contributed by atoms with E-state index in [2.05, 4.69) is 0 Å². The fraction of sp³-hybridized carbons (Fsp3) is 0.333. The molecule has 0 aliphatic carbocycles. The molecule has 0 radical (unpaired) electrons. The first-order valence-electron chi connectivity index (χ1n) is 9.17. The summed E-state index contributed by atoms with van der Waals surface area (Å²) >= 11 is 12.1. The number of rotatable bonds is 5. The molecule has 2 aromatic rings. The van der Waals surface area contributed by atoms with E-state index in [1.165, 1.54) is 18.2 Å². The number of nitrogens with zero attached hydrogens (tertiary/aromatic N) is 1. The molecule has 1 heterocycles. The van der Waals surface area contributed by atoms with Crippen LogP contribution in [-0.2, 0) is 23.8 Å². The van der Waals surface area contributed by atoms with Gasteiger partial charge < -0.3 is 14.2 Å². The molecule has 0 aromatic heterocycles. The van der Waals surface area contributed by atoms with E-state index in [9.17, 15) is 19.7 Å². The zero-order valence-electron chi connectivity index (χ0n) is 16.8. The average Bonchev–Trinajstić information content (AvgIpc) is 3.12. The Morgan fingerprint density at radius 1 is 1.00 bits per heavy atom. The maximum atomic E-state index is 12.9. The number of hydrogen-bond acceptors (Lipinski definition) is 7. The second kappa shape index (κ2) is 8.82. The highest BCUT2D eigenvalue weighted by Crippen LogP contribution is 2.52. The summed E-state index contributed by atoms with van der Waals surface area (Å²) in [5.74, 6) is -3.63. The molecule has 1 fully saturated rings. The Morgan fingerprint density at radius 3 is 2.03 bits per heavy atom. The summed E-state index contributed by atoms with van der Waals surface area (Å²) < 4.78 is 15.6. The van der Waals surface area contributed by atoms with Crippen molar-refractivity contribution in [3.8, 4) is 0 Å². The zero-order chi connectivity index (χ0) is 22.9. The molecule has 0 bridgehead atoms. The number of carbonyl (C=O) groups is 2. The Hall–Kier alpha value is -2.68. The van der Waals surface area contributed by atoms with Crippen molar-refractivity contribution >= 4 is 35.1 Å². The monoisotopic (exact) mass is 467 g/mol. The van der Waals surface area contributed by atoms with Crippen molar-refractivity contribution in [1.29, 1.82) is 0 Å². The summed E-state index contributed by atoms with van der Waals surface area (Å²) in [5.41, 5.74) is -0.866. The number of methoxy groups -OCH3 is 2. The minimum atomic E-state index is -2.42. The molecule has 0 spiro atoms. The highest BCUT2D eigenvalue weighted by Gasteiger charge is 2.71. The molecule has 0 saturated carbocycles. The predicted octanol–water partition coefficient (Wildman–Crippen LogP) is 3.89. The number of hydrogen-bond donors (Lipinski definition) is 0. The van der Waals surface area contributed by atoms with Crippen LogP contribution in [0.2, 0.25) is 10.0 Å². The lowest BCUT2D eigenvalue weighted by Crippen LogP contribution is -2.53. The highest BCUT2D eigenvalue weighted by atomic mass is 35.5. The number of esters is 2. The van der Waals surface area contributed by atoms with Gasteiger partial charge in [-0.25, -0.2) is 9.59 Å². The van der Waals surface area contributed by atoms with Gasteiger partial charge >= 0.3 is 11.9 Å².